The lowest BCUT2D eigenvalue weighted by atomic mass is 9.86. The zero-order valence-corrected chi connectivity index (χ0v) is 15.6. The molecule has 1 aromatic carbocycles. The van der Waals surface area contributed by atoms with Crippen LogP contribution in [0.3, 0.4) is 0 Å². The van der Waals surface area contributed by atoms with Gasteiger partial charge in [0, 0.05) is 16.5 Å². The molecule has 1 aliphatic rings. The summed E-state index contributed by atoms with van der Waals surface area (Å²) in [5, 5.41) is 22.1. The Balaban J connectivity index is 2.26. The number of rotatable bonds is 5. The number of ether oxygens (including phenoxy) is 2. The van der Waals surface area contributed by atoms with Crippen LogP contribution in [-0.4, -0.2) is 17.5 Å². The van der Waals surface area contributed by atoms with E-state index in [9.17, 15) is 20.2 Å². The Morgan fingerprint density at radius 2 is 2.14 bits per heavy atom. The van der Waals surface area contributed by atoms with Crippen molar-refractivity contribution in [2.75, 3.05) is 6.61 Å². The molecule has 0 aliphatic carbocycles. The predicted molar refractivity (Wildman–Crippen MR) is 102 cm³/mol. The number of nitriles is 1. The van der Waals surface area contributed by atoms with Gasteiger partial charge in [-0.2, -0.15) is 5.26 Å². The highest BCUT2D eigenvalue weighted by Gasteiger charge is 2.39. The molecule has 1 aliphatic heterocycles. The number of esters is 1. The average molecular weight is 397 g/mol. The summed E-state index contributed by atoms with van der Waals surface area (Å²) in [5.74, 6) is -1.60. The molecule has 2 heterocycles. The largest absolute Gasteiger partial charge is 0.463 e. The number of benzene rings is 1. The first kappa shape index (κ1) is 19.1. The molecule has 0 saturated carbocycles. The summed E-state index contributed by atoms with van der Waals surface area (Å²) >= 11 is 1.06. The molecule has 0 radical (unpaired) electrons. The Bertz CT molecular complexity index is 1030. The van der Waals surface area contributed by atoms with Crippen LogP contribution in [0.5, 0.6) is 0 Å². The molecule has 0 unspecified atom stereocenters. The molecular weight excluding hydrogens is 382 g/mol. The molecule has 3 rings (SSSR count). The molecule has 9 heteroatoms. The van der Waals surface area contributed by atoms with Crippen molar-refractivity contribution < 1.29 is 19.2 Å². The number of hydrogen-bond acceptors (Lipinski definition) is 8. The van der Waals surface area contributed by atoms with E-state index >= 15 is 0 Å². The number of nitrogens with zero attached hydrogens (tertiary/aromatic N) is 2. The first-order chi connectivity index (χ1) is 13.5. The molecule has 28 heavy (non-hydrogen) atoms. The maximum atomic E-state index is 12.8. The highest BCUT2D eigenvalue weighted by Crippen LogP contribution is 2.45. The van der Waals surface area contributed by atoms with Crippen molar-refractivity contribution in [3.05, 3.63) is 79.4 Å². The van der Waals surface area contributed by atoms with E-state index in [4.69, 9.17) is 15.2 Å². The maximum absolute atomic E-state index is 12.8. The maximum Gasteiger partial charge on any atom is 0.338 e. The van der Waals surface area contributed by atoms with E-state index in [1.54, 1.807) is 37.3 Å². The lowest BCUT2D eigenvalue weighted by Gasteiger charge is -2.27. The summed E-state index contributed by atoms with van der Waals surface area (Å²) in [5.41, 5.74) is 6.48. The topological polar surface area (TPSA) is 128 Å². The fraction of sp³-hybridized carbons (Fsp3) is 0.158. The molecule has 2 N–H and O–H groups in total. The summed E-state index contributed by atoms with van der Waals surface area (Å²) in [6.45, 7) is 1.77. The van der Waals surface area contributed by atoms with Crippen LogP contribution in [0.15, 0.2) is 58.8 Å². The number of thiophene rings is 1. The highest BCUT2D eigenvalue weighted by molar-refractivity contribution is 7.10. The second-order valence-corrected chi connectivity index (χ2v) is 6.66. The van der Waals surface area contributed by atoms with Gasteiger partial charge in [0.05, 0.1) is 28.4 Å². The van der Waals surface area contributed by atoms with E-state index in [-0.39, 0.29) is 35.1 Å². The molecule has 142 valence electrons. The Labute approximate surface area is 164 Å². The van der Waals surface area contributed by atoms with Crippen LogP contribution in [0.25, 0.3) is 5.76 Å². The normalized spacial score (nSPS) is 16.4. The summed E-state index contributed by atoms with van der Waals surface area (Å²) in [7, 11) is 0. The number of nitro groups is 1. The zero-order chi connectivity index (χ0) is 20.3. The van der Waals surface area contributed by atoms with Crippen molar-refractivity contribution in [1.82, 2.24) is 0 Å². The summed E-state index contributed by atoms with van der Waals surface area (Å²) in [4.78, 5) is 23.8. The van der Waals surface area contributed by atoms with Crippen molar-refractivity contribution >= 4 is 28.8 Å². The minimum atomic E-state index is -0.924. The Hall–Kier alpha value is -3.64. The second-order valence-electron chi connectivity index (χ2n) is 5.72. The van der Waals surface area contributed by atoms with Crippen LogP contribution in [0.2, 0.25) is 0 Å². The molecule has 0 bridgehead atoms. The first-order valence-corrected chi connectivity index (χ1v) is 9.13. The molecule has 8 nitrogen and oxygen atoms in total. The molecule has 0 spiro atoms. The Kier molecular flexibility index (Phi) is 5.42. The Morgan fingerprint density at radius 3 is 2.71 bits per heavy atom. The van der Waals surface area contributed by atoms with Gasteiger partial charge < -0.3 is 15.2 Å². The quantitative estimate of drug-likeness (QED) is 0.465. The summed E-state index contributed by atoms with van der Waals surface area (Å²) in [6.07, 6.45) is 0. The summed E-state index contributed by atoms with van der Waals surface area (Å²) < 4.78 is 10.8. The number of nitrogens with two attached hydrogens (primary N) is 1. The van der Waals surface area contributed by atoms with Crippen LogP contribution in [0.1, 0.15) is 23.3 Å². The third-order valence-corrected chi connectivity index (χ3v) is 5.04. The smallest absolute Gasteiger partial charge is 0.338 e. The molecule has 0 fully saturated rings. The van der Waals surface area contributed by atoms with Gasteiger partial charge in [-0.3, -0.25) is 10.1 Å². The van der Waals surface area contributed by atoms with E-state index in [1.165, 1.54) is 11.4 Å². The molecular formula is C19H15N3O5S. The monoisotopic (exact) mass is 397 g/mol. The van der Waals surface area contributed by atoms with E-state index in [0.717, 1.165) is 11.3 Å². The number of carbonyl (C=O) groups excluding carboxylic acids is 1. The highest BCUT2D eigenvalue weighted by atomic mass is 32.1. The minimum Gasteiger partial charge on any atom is -0.463 e. The van der Waals surface area contributed by atoms with Gasteiger partial charge in [-0.25, -0.2) is 4.79 Å². The van der Waals surface area contributed by atoms with Crippen molar-refractivity contribution in [2.24, 2.45) is 5.73 Å². The number of allylic oxidation sites excluding steroid dienone is 1. The predicted octanol–water partition coefficient (Wildman–Crippen LogP) is 3.44. The average Bonchev–Trinajstić information content (AvgIpc) is 3.18. The van der Waals surface area contributed by atoms with Gasteiger partial charge in [0.15, 0.2) is 0 Å². The van der Waals surface area contributed by atoms with Gasteiger partial charge in [0.1, 0.15) is 17.4 Å². The molecule has 1 aromatic heterocycles. The van der Waals surface area contributed by atoms with Crippen LogP contribution >= 0.6 is 11.3 Å². The van der Waals surface area contributed by atoms with E-state index in [1.807, 2.05) is 6.07 Å². The van der Waals surface area contributed by atoms with Gasteiger partial charge in [-0.1, -0.05) is 30.3 Å². The minimum absolute atomic E-state index is 0.000479. The van der Waals surface area contributed by atoms with Gasteiger partial charge in [0.2, 0.25) is 5.88 Å². The molecule has 2 aromatic rings. The number of hydrogen-bond donors (Lipinski definition) is 1. The van der Waals surface area contributed by atoms with Crippen LogP contribution in [0.4, 0.5) is 5.69 Å². The standard InChI is InChI=1S/C19H15N3O5S/c1-2-26-19(23)16-15(14-8-12(10-28-14)22(24)25)13(9-20)18(21)27-17(16)11-6-4-3-5-7-11/h3-8,10,15H,2,21H2,1H3/t15-/m0/s1. The second kappa shape index (κ2) is 7.94. The first-order valence-electron chi connectivity index (χ1n) is 8.25. The van der Waals surface area contributed by atoms with Crippen molar-refractivity contribution in [3.8, 4) is 6.07 Å². The van der Waals surface area contributed by atoms with Crippen LogP contribution in [0, 0.1) is 21.4 Å². The van der Waals surface area contributed by atoms with Crippen molar-refractivity contribution in [1.29, 1.82) is 5.26 Å². The Morgan fingerprint density at radius 1 is 1.43 bits per heavy atom. The third kappa shape index (κ3) is 3.45. The zero-order valence-electron chi connectivity index (χ0n) is 14.7. The molecule has 1 atom stereocenters. The molecule has 0 amide bonds. The van der Waals surface area contributed by atoms with Crippen molar-refractivity contribution in [2.45, 2.75) is 12.8 Å². The van der Waals surface area contributed by atoms with Gasteiger partial charge in [0.25, 0.3) is 5.69 Å². The fourth-order valence-corrected chi connectivity index (χ4v) is 3.83. The lowest BCUT2D eigenvalue weighted by molar-refractivity contribution is -0.384. The molecule has 0 saturated heterocycles. The van der Waals surface area contributed by atoms with E-state index in [0.29, 0.717) is 10.4 Å². The summed E-state index contributed by atoms with van der Waals surface area (Å²) in [6, 6.07) is 12.1. The van der Waals surface area contributed by atoms with Crippen LogP contribution in [-0.2, 0) is 14.3 Å². The van der Waals surface area contributed by atoms with Gasteiger partial charge in [-0.15, -0.1) is 11.3 Å². The third-order valence-electron chi connectivity index (χ3n) is 4.05. The van der Waals surface area contributed by atoms with Crippen molar-refractivity contribution in [3.63, 3.8) is 0 Å². The SMILES string of the molecule is CCOC(=O)C1=C(c2ccccc2)OC(N)=C(C#N)[C@H]1c1cc([N+](=O)[O-])cs1. The van der Waals surface area contributed by atoms with Gasteiger partial charge in [-0.05, 0) is 6.92 Å². The fourth-order valence-electron chi connectivity index (χ4n) is 2.85. The van der Waals surface area contributed by atoms with Gasteiger partial charge >= 0.3 is 5.97 Å². The lowest BCUT2D eigenvalue weighted by Crippen LogP contribution is -2.25. The van der Waals surface area contributed by atoms with Crippen LogP contribution < -0.4 is 5.73 Å². The number of carbonyl (C=O) groups is 1. The van der Waals surface area contributed by atoms with E-state index < -0.39 is 16.8 Å². The van der Waals surface area contributed by atoms with E-state index in [2.05, 4.69) is 0 Å².